The minimum atomic E-state index is -0.381. The number of hydrogen-bond donors (Lipinski definition) is 2. The SMILES string of the molecule is N#Cc1ccc(-c2cc(NC3CC3)n3ncc(/C=C4\CC(=O)NC4=O)c3n2)s1. The molecule has 0 bridgehead atoms. The third kappa shape index (κ3) is 2.93. The molecule has 2 amide bonds. The van der Waals surface area contributed by atoms with Crippen LogP contribution in [0.3, 0.4) is 0 Å². The smallest absolute Gasteiger partial charge is 0.254 e. The third-order valence-corrected chi connectivity index (χ3v) is 5.63. The van der Waals surface area contributed by atoms with Gasteiger partial charge in [0.25, 0.3) is 5.91 Å². The van der Waals surface area contributed by atoms with Gasteiger partial charge in [0, 0.05) is 23.2 Å². The topological polar surface area (TPSA) is 112 Å². The maximum Gasteiger partial charge on any atom is 0.254 e. The van der Waals surface area contributed by atoms with Gasteiger partial charge in [0.2, 0.25) is 5.91 Å². The van der Waals surface area contributed by atoms with Crippen molar-refractivity contribution >= 4 is 40.7 Å². The van der Waals surface area contributed by atoms with E-state index in [0.717, 1.165) is 29.2 Å². The van der Waals surface area contributed by atoms with E-state index >= 15 is 0 Å². The van der Waals surface area contributed by atoms with Crippen molar-refractivity contribution in [2.45, 2.75) is 25.3 Å². The summed E-state index contributed by atoms with van der Waals surface area (Å²) in [5.74, 6) is 0.125. The number of carbonyl (C=O) groups is 2. The number of fused-ring (bicyclic) bond motifs is 1. The van der Waals surface area contributed by atoms with Crippen molar-refractivity contribution in [2.24, 2.45) is 0 Å². The van der Waals surface area contributed by atoms with E-state index in [0.29, 0.717) is 27.7 Å². The molecule has 2 fully saturated rings. The van der Waals surface area contributed by atoms with Crippen molar-refractivity contribution in [3.63, 3.8) is 0 Å². The van der Waals surface area contributed by atoms with Gasteiger partial charge in [-0.15, -0.1) is 11.3 Å². The Morgan fingerprint density at radius 3 is 2.89 bits per heavy atom. The van der Waals surface area contributed by atoms with Crippen molar-refractivity contribution in [3.8, 4) is 16.6 Å². The Morgan fingerprint density at radius 2 is 2.21 bits per heavy atom. The summed E-state index contributed by atoms with van der Waals surface area (Å²) in [4.78, 5) is 29.6. The lowest BCUT2D eigenvalue weighted by atomic mass is 10.1. The standard InChI is InChI=1S/C19H14N6O2S/c20-8-13-3-4-15(28-13)14-7-16(22-12-1-2-12)25-18(23-14)11(9-21-25)5-10-6-17(26)24-19(10)27/h3-5,7,9,12,22H,1-2,6H2,(H,24,26,27)/b10-5+. The molecule has 3 aromatic heterocycles. The molecule has 8 nitrogen and oxygen atoms in total. The highest BCUT2D eigenvalue weighted by Crippen LogP contribution is 2.32. The van der Waals surface area contributed by atoms with Crippen LogP contribution in [-0.2, 0) is 9.59 Å². The predicted molar refractivity (Wildman–Crippen MR) is 103 cm³/mol. The molecule has 3 aromatic rings. The maximum absolute atomic E-state index is 11.9. The zero-order chi connectivity index (χ0) is 19.3. The predicted octanol–water partition coefficient (Wildman–Crippen LogP) is 2.33. The minimum Gasteiger partial charge on any atom is -0.367 e. The van der Waals surface area contributed by atoms with Gasteiger partial charge < -0.3 is 5.32 Å². The molecule has 2 aliphatic rings. The molecule has 2 N–H and O–H groups in total. The minimum absolute atomic E-state index is 0.0551. The first-order chi connectivity index (χ1) is 13.6. The van der Waals surface area contributed by atoms with Crippen LogP contribution in [0.4, 0.5) is 5.82 Å². The Hall–Kier alpha value is -3.51. The second-order valence-electron chi connectivity index (χ2n) is 6.78. The zero-order valence-corrected chi connectivity index (χ0v) is 15.4. The molecule has 0 spiro atoms. The van der Waals surface area contributed by atoms with E-state index in [1.165, 1.54) is 11.3 Å². The lowest BCUT2D eigenvalue weighted by molar-refractivity contribution is -0.124. The van der Waals surface area contributed by atoms with Gasteiger partial charge in [0.15, 0.2) is 5.65 Å². The lowest BCUT2D eigenvalue weighted by Crippen LogP contribution is -2.19. The number of imide groups is 1. The van der Waals surface area contributed by atoms with E-state index in [2.05, 4.69) is 21.8 Å². The van der Waals surface area contributed by atoms with Crippen LogP contribution in [-0.4, -0.2) is 32.5 Å². The molecule has 5 rings (SSSR count). The molecular weight excluding hydrogens is 376 g/mol. The quantitative estimate of drug-likeness (QED) is 0.522. The molecule has 0 aromatic carbocycles. The summed E-state index contributed by atoms with van der Waals surface area (Å²) in [5.41, 5.74) is 2.38. The van der Waals surface area contributed by atoms with Crippen LogP contribution in [0.15, 0.2) is 30.0 Å². The molecule has 138 valence electrons. The fraction of sp³-hybridized carbons (Fsp3) is 0.211. The van der Waals surface area contributed by atoms with Crippen molar-refractivity contribution < 1.29 is 9.59 Å². The van der Waals surface area contributed by atoms with Crippen molar-refractivity contribution in [1.82, 2.24) is 19.9 Å². The summed E-state index contributed by atoms with van der Waals surface area (Å²) < 4.78 is 1.71. The first kappa shape index (κ1) is 16.6. The lowest BCUT2D eigenvalue weighted by Gasteiger charge is -2.09. The molecule has 0 atom stereocenters. The molecular formula is C19H14N6O2S. The van der Waals surface area contributed by atoms with Crippen molar-refractivity contribution in [1.29, 1.82) is 5.26 Å². The average molecular weight is 390 g/mol. The van der Waals surface area contributed by atoms with Gasteiger partial charge in [0.1, 0.15) is 16.8 Å². The highest BCUT2D eigenvalue weighted by molar-refractivity contribution is 7.15. The Morgan fingerprint density at radius 1 is 1.36 bits per heavy atom. The number of carbonyl (C=O) groups excluding carboxylic acids is 2. The third-order valence-electron chi connectivity index (χ3n) is 4.62. The van der Waals surface area contributed by atoms with Crippen LogP contribution in [0, 0.1) is 11.3 Å². The first-order valence-corrected chi connectivity index (χ1v) is 9.63. The molecule has 0 unspecified atom stereocenters. The Kier molecular flexibility index (Phi) is 3.74. The molecule has 9 heteroatoms. The molecule has 1 aliphatic heterocycles. The number of nitrogens with zero attached hydrogens (tertiary/aromatic N) is 4. The van der Waals surface area contributed by atoms with Gasteiger partial charge in [-0.25, -0.2) is 4.98 Å². The Balaban J connectivity index is 1.65. The second-order valence-corrected chi connectivity index (χ2v) is 7.86. The van der Waals surface area contributed by atoms with Gasteiger partial charge >= 0.3 is 0 Å². The molecule has 4 heterocycles. The highest BCUT2D eigenvalue weighted by atomic mass is 32.1. The molecule has 1 saturated carbocycles. The largest absolute Gasteiger partial charge is 0.367 e. The summed E-state index contributed by atoms with van der Waals surface area (Å²) in [6.07, 6.45) is 5.58. The van der Waals surface area contributed by atoms with Crippen LogP contribution in [0.1, 0.15) is 29.7 Å². The number of amides is 2. The number of anilines is 1. The maximum atomic E-state index is 11.9. The van der Waals surface area contributed by atoms with Crippen LogP contribution in [0.5, 0.6) is 0 Å². The van der Waals surface area contributed by atoms with Crippen molar-refractivity contribution in [2.75, 3.05) is 5.32 Å². The van der Waals surface area contributed by atoms with Gasteiger partial charge in [-0.2, -0.15) is 14.9 Å². The van der Waals surface area contributed by atoms with E-state index in [1.807, 2.05) is 12.1 Å². The fourth-order valence-electron chi connectivity index (χ4n) is 3.09. The van der Waals surface area contributed by atoms with Crippen LogP contribution in [0.2, 0.25) is 0 Å². The van der Waals surface area contributed by atoms with Gasteiger partial charge in [0.05, 0.1) is 23.2 Å². The summed E-state index contributed by atoms with van der Waals surface area (Å²) in [6, 6.07) is 8.14. The van der Waals surface area contributed by atoms with E-state index in [9.17, 15) is 9.59 Å². The summed E-state index contributed by atoms with van der Waals surface area (Å²) in [7, 11) is 0. The highest BCUT2D eigenvalue weighted by Gasteiger charge is 2.26. The number of thiophene rings is 1. The number of nitrogens with one attached hydrogen (secondary N) is 2. The summed E-state index contributed by atoms with van der Waals surface area (Å²) >= 11 is 1.37. The van der Waals surface area contributed by atoms with E-state index in [-0.39, 0.29) is 18.2 Å². The molecule has 0 radical (unpaired) electrons. The van der Waals surface area contributed by atoms with Crippen molar-refractivity contribution in [3.05, 3.63) is 40.4 Å². The monoisotopic (exact) mass is 390 g/mol. The number of aromatic nitrogens is 3. The first-order valence-electron chi connectivity index (χ1n) is 8.81. The zero-order valence-electron chi connectivity index (χ0n) is 14.6. The van der Waals surface area contributed by atoms with Gasteiger partial charge in [-0.3, -0.25) is 14.9 Å². The van der Waals surface area contributed by atoms with Crippen LogP contribution < -0.4 is 10.6 Å². The second kappa shape index (κ2) is 6.28. The number of hydrogen-bond acceptors (Lipinski definition) is 7. The Labute approximate surface area is 163 Å². The summed E-state index contributed by atoms with van der Waals surface area (Å²) in [6.45, 7) is 0. The molecule has 1 aliphatic carbocycles. The fourth-order valence-corrected chi connectivity index (χ4v) is 3.86. The average Bonchev–Trinajstić information content (AvgIpc) is 3.08. The van der Waals surface area contributed by atoms with E-state index in [4.69, 9.17) is 10.2 Å². The van der Waals surface area contributed by atoms with E-state index < -0.39 is 0 Å². The van der Waals surface area contributed by atoms with E-state index in [1.54, 1.807) is 22.9 Å². The van der Waals surface area contributed by atoms with Crippen LogP contribution in [0.25, 0.3) is 22.3 Å². The Bertz CT molecular complexity index is 1210. The van der Waals surface area contributed by atoms with Gasteiger partial charge in [-0.1, -0.05) is 0 Å². The number of rotatable bonds is 4. The van der Waals surface area contributed by atoms with Crippen LogP contribution >= 0.6 is 11.3 Å². The molecule has 28 heavy (non-hydrogen) atoms. The van der Waals surface area contributed by atoms with Gasteiger partial charge in [-0.05, 0) is 31.1 Å². The normalized spacial score (nSPS) is 17.9. The molecule has 1 saturated heterocycles. The summed E-state index contributed by atoms with van der Waals surface area (Å²) in [5, 5.41) is 19.3. The number of nitriles is 1.